The normalized spacial score (nSPS) is 15.9. The van der Waals surface area contributed by atoms with Gasteiger partial charge >= 0.3 is 5.69 Å². The van der Waals surface area contributed by atoms with Gasteiger partial charge < -0.3 is 5.32 Å². The first-order valence-corrected chi connectivity index (χ1v) is 10.5. The number of nitrogens with one attached hydrogen (secondary N) is 1. The van der Waals surface area contributed by atoms with Crippen LogP contribution >= 0.6 is 0 Å². The number of anilines is 1. The summed E-state index contributed by atoms with van der Waals surface area (Å²) < 4.78 is 23.8. The number of benzene rings is 2. The first-order valence-electron chi connectivity index (χ1n) is 8.56. The molecule has 0 spiro atoms. The van der Waals surface area contributed by atoms with Gasteiger partial charge in [0.05, 0.1) is 4.92 Å². The quantitative estimate of drug-likeness (QED) is 0.588. The van der Waals surface area contributed by atoms with E-state index in [0.717, 1.165) is 31.9 Å². The van der Waals surface area contributed by atoms with Crippen LogP contribution in [0.3, 0.4) is 0 Å². The highest BCUT2D eigenvalue weighted by Crippen LogP contribution is 2.44. The molecule has 0 heterocycles. The third-order valence-corrected chi connectivity index (χ3v) is 6.20. The van der Waals surface area contributed by atoms with E-state index in [4.69, 9.17) is 0 Å². The van der Waals surface area contributed by atoms with E-state index in [1.54, 1.807) is 6.07 Å². The summed E-state index contributed by atoms with van der Waals surface area (Å²) in [4.78, 5) is 10.6. The van der Waals surface area contributed by atoms with Crippen LogP contribution < -0.4 is 5.32 Å². The number of hydrogen-bond acceptors (Lipinski definition) is 5. The summed E-state index contributed by atoms with van der Waals surface area (Å²) in [6.45, 7) is 0.579. The molecule has 0 radical (unpaired) electrons. The Hall–Kier alpha value is -2.41. The molecule has 6 nitrogen and oxygen atoms in total. The molecule has 2 aromatic rings. The van der Waals surface area contributed by atoms with Gasteiger partial charge in [0.15, 0.2) is 9.84 Å². The number of nitro benzene ring substituents is 1. The second-order valence-corrected chi connectivity index (χ2v) is 9.04. The van der Waals surface area contributed by atoms with E-state index in [2.05, 4.69) is 17.4 Å². The van der Waals surface area contributed by atoms with Crippen LogP contribution in [0.25, 0.3) is 0 Å². The summed E-state index contributed by atoms with van der Waals surface area (Å²) in [5.74, 6) is 0. The standard InChI is InChI=1S/C19H22N2O4S/c1-26(24,25)17-10-5-9-16(18(17)21(22)23)20-14-19(11-6-12-19)13-15-7-3-2-4-8-15/h2-5,7-10,20H,6,11-14H2,1H3. The molecule has 0 aromatic heterocycles. The highest BCUT2D eigenvalue weighted by atomic mass is 32.2. The Kier molecular flexibility index (Phi) is 5.00. The summed E-state index contributed by atoms with van der Waals surface area (Å²) in [7, 11) is -3.68. The third-order valence-electron chi connectivity index (χ3n) is 5.07. The van der Waals surface area contributed by atoms with Gasteiger partial charge in [-0.15, -0.1) is 0 Å². The first kappa shape index (κ1) is 18.4. The number of para-hydroxylation sites is 1. The Bertz CT molecular complexity index is 906. The van der Waals surface area contributed by atoms with E-state index >= 15 is 0 Å². The second-order valence-electron chi connectivity index (χ2n) is 7.05. The fourth-order valence-electron chi connectivity index (χ4n) is 3.56. The van der Waals surface area contributed by atoms with Gasteiger partial charge in [0.2, 0.25) is 0 Å². The average molecular weight is 374 g/mol. The second kappa shape index (κ2) is 7.07. The van der Waals surface area contributed by atoms with E-state index < -0.39 is 14.8 Å². The monoisotopic (exact) mass is 374 g/mol. The van der Waals surface area contributed by atoms with Crippen molar-refractivity contribution in [2.75, 3.05) is 18.1 Å². The molecule has 0 amide bonds. The summed E-state index contributed by atoms with van der Waals surface area (Å²) in [5.41, 5.74) is 1.19. The van der Waals surface area contributed by atoms with Crippen LogP contribution in [0.1, 0.15) is 24.8 Å². The number of sulfone groups is 1. The molecule has 1 aliphatic rings. The van der Waals surface area contributed by atoms with Crippen LogP contribution in [-0.4, -0.2) is 26.1 Å². The highest BCUT2D eigenvalue weighted by Gasteiger charge is 2.37. The minimum Gasteiger partial charge on any atom is -0.379 e. The van der Waals surface area contributed by atoms with Crippen LogP contribution in [0, 0.1) is 15.5 Å². The SMILES string of the molecule is CS(=O)(=O)c1cccc(NCC2(Cc3ccccc3)CCC2)c1[N+](=O)[O-]. The van der Waals surface area contributed by atoms with Crippen LogP contribution in [0.2, 0.25) is 0 Å². The molecule has 0 saturated heterocycles. The maximum absolute atomic E-state index is 11.9. The van der Waals surface area contributed by atoms with E-state index in [0.29, 0.717) is 6.54 Å². The highest BCUT2D eigenvalue weighted by molar-refractivity contribution is 7.90. The van der Waals surface area contributed by atoms with Crippen LogP contribution in [-0.2, 0) is 16.3 Å². The van der Waals surface area contributed by atoms with Crippen molar-refractivity contribution >= 4 is 21.2 Å². The van der Waals surface area contributed by atoms with Gasteiger partial charge in [0.1, 0.15) is 10.6 Å². The van der Waals surface area contributed by atoms with Crippen LogP contribution in [0.5, 0.6) is 0 Å². The number of hydrogen-bond donors (Lipinski definition) is 1. The molecule has 0 unspecified atom stereocenters. The van der Waals surface area contributed by atoms with Crippen molar-refractivity contribution in [3.63, 3.8) is 0 Å². The summed E-state index contributed by atoms with van der Waals surface area (Å²) in [5, 5.41) is 14.7. The molecule has 7 heteroatoms. The predicted molar refractivity (Wildman–Crippen MR) is 101 cm³/mol. The molecule has 0 atom stereocenters. The molecular formula is C19H22N2O4S. The van der Waals surface area contributed by atoms with Crippen molar-refractivity contribution < 1.29 is 13.3 Å². The molecule has 1 N–H and O–H groups in total. The Morgan fingerprint density at radius 3 is 2.35 bits per heavy atom. The molecule has 0 bridgehead atoms. The number of rotatable bonds is 7. The lowest BCUT2D eigenvalue weighted by Gasteiger charge is -2.42. The number of nitro groups is 1. The topological polar surface area (TPSA) is 89.3 Å². The summed E-state index contributed by atoms with van der Waals surface area (Å²) in [6.07, 6.45) is 5.13. The lowest BCUT2D eigenvalue weighted by molar-refractivity contribution is -0.386. The lowest BCUT2D eigenvalue weighted by Crippen LogP contribution is -2.38. The smallest absolute Gasteiger partial charge is 0.310 e. The van der Waals surface area contributed by atoms with Gasteiger partial charge in [0.25, 0.3) is 0 Å². The molecule has 1 fully saturated rings. The molecule has 1 saturated carbocycles. The third kappa shape index (κ3) is 3.88. The van der Waals surface area contributed by atoms with Crippen molar-refractivity contribution in [1.29, 1.82) is 0 Å². The van der Waals surface area contributed by atoms with Crippen molar-refractivity contribution in [2.45, 2.75) is 30.6 Å². The Balaban J connectivity index is 1.84. The van der Waals surface area contributed by atoms with Gasteiger partial charge in [-0.25, -0.2) is 8.42 Å². The van der Waals surface area contributed by atoms with E-state index in [1.807, 2.05) is 18.2 Å². The van der Waals surface area contributed by atoms with Crippen molar-refractivity contribution in [2.24, 2.45) is 5.41 Å². The summed E-state index contributed by atoms with van der Waals surface area (Å²) in [6, 6.07) is 14.6. The first-order chi connectivity index (χ1) is 12.3. The van der Waals surface area contributed by atoms with Gasteiger partial charge in [-0.2, -0.15) is 0 Å². The fourth-order valence-corrected chi connectivity index (χ4v) is 4.42. The molecule has 0 aliphatic heterocycles. The van der Waals surface area contributed by atoms with Crippen molar-refractivity contribution in [3.8, 4) is 0 Å². The van der Waals surface area contributed by atoms with Crippen LogP contribution in [0.4, 0.5) is 11.4 Å². The minimum absolute atomic E-state index is 0.0519. The molecular weight excluding hydrogens is 352 g/mol. The molecule has 26 heavy (non-hydrogen) atoms. The van der Waals surface area contributed by atoms with Gasteiger partial charge in [-0.1, -0.05) is 42.8 Å². The molecule has 138 valence electrons. The van der Waals surface area contributed by atoms with Gasteiger partial charge in [-0.3, -0.25) is 10.1 Å². The zero-order valence-corrected chi connectivity index (χ0v) is 15.5. The van der Waals surface area contributed by atoms with Crippen molar-refractivity contribution in [3.05, 3.63) is 64.2 Å². The molecule has 1 aliphatic carbocycles. The molecule has 3 rings (SSSR count). The Morgan fingerprint density at radius 2 is 1.81 bits per heavy atom. The van der Waals surface area contributed by atoms with E-state index in [9.17, 15) is 18.5 Å². The predicted octanol–water partition coefficient (Wildman–Crippen LogP) is 3.82. The van der Waals surface area contributed by atoms with Crippen LogP contribution in [0.15, 0.2) is 53.4 Å². The maximum atomic E-state index is 11.9. The largest absolute Gasteiger partial charge is 0.379 e. The van der Waals surface area contributed by atoms with E-state index in [1.165, 1.54) is 17.7 Å². The van der Waals surface area contributed by atoms with Crippen molar-refractivity contribution in [1.82, 2.24) is 0 Å². The minimum atomic E-state index is -3.68. The molecule has 2 aromatic carbocycles. The zero-order valence-electron chi connectivity index (χ0n) is 14.6. The summed E-state index contributed by atoms with van der Waals surface area (Å²) >= 11 is 0. The Morgan fingerprint density at radius 1 is 1.12 bits per heavy atom. The van der Waals surface area contributed by atoms with Gasteiger partial charge in [0, 0.05) is 12.8 Å². The number of nitrogens with zero attached hydrogens (tertiary/aromatic N) is 1. The van der Waals surface area contributed by atoms with Gasteiger partial charge in [-0.05, 0) is 42.4 Å². The Labute approximate surface area is 153 Å². The maximum Gasteiger partial charge on any atom is 0.310 e. The van der Waals surface area contributed by atoms with E-state index in [-0.39, 0.29) is 21.7 Å². The fraction of sp³-hybridized carbons (Fsp3) is 0.368. The zero-order chi connectivity index (χ0) is 18.8. The average Bonchev–Trinajstić information content (AvgIpc) is 2.56. The lowest BCUT2D eigenvalue weighted by atomic mass is 9.65.